The molecule has 148 valence electrons. The maximum atomic E-state index is 12.2. The van der Waals surface area contributed by atoms with Gasteiger partial charge in [0.2, 0.25) is 11.8 Å². The number of aliphatic hydroxyl groups is 1. The number of aryl methyl sites for hydroxylation is 2. The van der Waals surface area contributed by atoms with E-state index in [1.807, 2.05) is 0 Å². The minimum Gasteiger partial charge on any atom is -0.389 e. The number of hydrogen-bond acceptors (Lipinski definition) is 6. The number of hydrogen-bond donors (Lipinski definition) is 5. The number of H-pyrrole nitrogens is 1. The highest BCUT2D eigenvalue weighted by Crippen LogP contribution is 2.18. The Morgan fingerprint density at radius 3 is 2.63 bits per heavy atom. The van der Waals surface area contributed by atoms with Crippen LogP contribution in [0.2, 0.25) is 0 Å². The van der Waals surface area contributed by atoms with E-state index in [1.165, 1.54) is 0 Å². The van der Waals surface area contributed by atoms with Crippen molar-refractivity contribution in [1.29, 1.82) is 0 Å². The van der Waals surface area contributed by atoms with Crippen LogP contribution in [0.5, 0.6) is 0 Å². The maximum absolute atomic E-state index is 12.2. The summed E-state index contributed by atoms with van der Waals surface area (Å²) in [5.74, 6) is -1.33. The lowest BCUT2D eigenvalue weighted by atomic mass is 9.95. The van der Waals surface area contributed by atoms with Crippen molar-refractivity contribution in [3.05, 3.63) is 33.2 Å². The lowest BCUT2D eigenvalue weighted by molar-refractivity contribution is -0.119. The normalized spacial score (nSPS) is 14.1. The minimum atomic E-state index is -1.00. The quantitative estimate of drug-likeness (QED) is 0.349. The van der Waals surface area contributed by atoms with Crippen molar-refractivity contribution in [3.8, 4) is 0 Å². The second kappa shape index (κ2) is 10.1. The number of carbonyl (C=O) groups excluding carboxylic acids is 3. The first-order valence-corrected chi connectivity index (χ1v) is 9.86. The van der Waals surface area contributed by atoms with E-state index in [0.29, 0.717) is 0 Å². The summed E-state index contributed by atoms with van der Waals surface area (Å²) >= 11 is 1.07. The molecule has 0 fully saturated rings. The van der Waals surface area contributed by atoms with Gasteiger partial charge in [0, 0.05) is 18.8 Å². The molecule has 1 aliphatic rings. The van der Waals surface area contributed by atoms with Crippen LogP contribution in [0.1, 0.15) is 34.5 Å². The fraction of sp³-hybridized carbons (Fsp3) is 0.529. The highest BCUT2D eigenvalue weighted by atomic mass is 32.2. The number of thioether (sulfide) groups is 1. The third kappa shape index (κ3) is 6.72. The summed E-state index contributed by atoms with van der Waals surface area (Å²) in [6.07, 6.45) is 2.68. The van der Waals surface area contributed by atoms with Gasteiger partial charge in [-0.25, -0.2) is 0 Å². The lowest BCUT2D eigenvalue weighted by Gasteiger charge is -2.16. The number of fused-ring (bicyclic) bond motifs is 1. The molecular formula is C17H24N4O5S. The Hall–Kier alpha value is -2.33. The molecule has 0 radical (unpaired) electrons. The molecule has 0 saturated carbocycles. The molecule has 0 aliphatic heterocycles. The fourth-order valence-electron chi connectivity index (χ4n) is 2.75. The van der Waals surface area contributed by atoms with Crippen LogP contribution in [0, 0.1) is 0 Å². The van der Waals surface area contributed by atoms with Gasteiger partial charge < -0.3 is 26.5 Å². The van der Waals surface area contributed by atoms with Crippen LogP contribution in [0.4, 0.5) is 0 Å². The van der Waals surface area contributed by atoms with Crippen LogP contribution >= 0.6 is 11.8 Å². The number of rotatable bonds is 9. The molecule has 1 aromatic heterocycles. The van der Waals surface area contributed by atoms with E-state index in [9.17, 15) is 24.3 Å². The number of aromatic nitrogens is 1. The average molecular weight is 396 g/mol. The van der Waals surface area contributed by atoms with E-state index in [4.69, 9.17) is 5.73 Å². The van der Waals surface area contributed by atoms with E-state index < -0.39 is 23.5 Å². The van der Waals surface area contributed by atoms with Crippen molar-refractivity contribution < 1.29 is 19.5 Å². The molecule has 0 unspecified atom stereocenters. The highest BCUT2D eigenvalue weighted by molar-refractivity contribution is 8.00. The first kappa shape index (κ1) is 21.0. The SMILES string of the molecule is NC(=O)CSCC(=O)NC[C@H](O)CNC(=O)c1cc2c([nH]c1=O)CCCC2. The Bertz CT molecular complexity index is 764. The fourth-order valence-corrected chi connectivity index (χ4v) is 3.34. The van der Waals surface area contributed by atoms with Gasteiger partial charge in [-0.15, -0.1) is 11.8 Å². The van der Waals surface area contributed by atoms with E-state index in [2.05, 4.69) is 15.6 Å². The summed E-state index contributed by atoms with van der Waals surface area (Å²) in [5, 5.41) is 14.9. The standard InChI is InChI=1S/C17H24N4O5S/c18-14(23)8-27-9-15(24)19-6-11(22)7-20-16(25)12-5-10-3-1-2-4-13(10)21-17(12)26/h5,11,22H,1-4,6-9H2,(H2,18,23)(H,19,24)(H,20,25)(H,21,26)/t11-/m0/s1. The molecule has 27 heavy (non-hydrogen) atoms. The molecule has 1 aliphatic carbocycles. The van der Waals surface area contributed by atoms with Gasteiger partial charge in [-0.2, -0.15) is 0 Å². The summed E-state index contributed by atoms with van der Waals surface area (Å²) < 4.78 is 0. The lowest BCUT2D eigenvalue weighted by Crippen LogP contribution is -2.41. The van der Waals surface area contributed by atoms with Crippen molar-refractivity contribution in [3.63, 3.8) is 0 Å². The zero-order chi connectivity index (χ0) is 19.8. The second-order valence-corrected chi connectivity index (χ2v) is 7.34. The Balaban J connectivity index is 1.77. The molecule has 0 bridgehead atoms. The summed E-state index contributed by atoms with van der Waals surface area (Å²) in [6, 6.07) is 1.62. The van der Waals surface area contributed by atoms with E-state index in [-0.39, 0.29) is 36.1 Å². The van der Waals surface area contributed by atoms with E-state index >= 15 is 0 Å². The van der Waals surface area contributed by atoms with Gasteiger partial charge in [0.25, 0.3) is 11.5 Å². The Morgan fingerprint density at radius 1 is 1.19 bits per heavy atom. The summed E-state index contributed by atoms with van der Waals surface area (Å²) in [5.41, 5.74) is 6.42. The number of pyridine rings is 1. The van der Waals surface area contributed by atoms with Crippen LogP contribution in [0.15, 0.2) is 10.9 Å². The summed E-state index contributed by atoms with van der Waals surface area (Å²) in [6.45, 7) is -0.166. The molecule has 1 atom stereocenters. The largest absolute Gasteiger partial charge is 0.389 e. The van der Waals surface area contributed by atoms with Gasteiger partial charge in [0.15, 0.2) is 0 Å². The number of aromatic amines is 1. The van der Waals surface area contributed by atoms with Gasteiger partial charge in [-0.3, -0.25) is 19.2 Å². The topological polar surface area (TPSA) is 154 Å². The Kier molecular flexibility index (Phi) is 7.86. The average Bonchev–Trinajstić information content (AvgIpc) is 2.63. The minimum absolute atomic E-state index is 0.0229. The molecule has 0 spiro atoms. The first-order chi connectivity index (χ1) is 12.9. The van der Waals surface area contributed by atoms with Crippen molar-refractivity contribution in [1.82, 2.24) is 15.6 Å². The molecule has 1 heterocycles. The van der Waals surface area contributed by atoms with Gasteiger partial charge >= 0.3 is 0 Å². The zero-order valence-corrected chi connectivity index (χ0v) is 15.7. The van der Waals surface area contributed by atoms with Crippen LogP contribution in [-0.2, 0) is 22.4 Å². The third-order valence-electron chi connectivity index (χ3n) is 4.09. The van der Waals surface area contributed by atoms with Crippen molar-refractivity contribution in [2.75, 3.05) is 24.6 Å². The maximum Gasteiger partial charge on any atom is 0.261 e. The summed E-state index contributed by atoms with van der Waals surface area (Å²) in [7, 11) is 0. The molecule has 3 amide bonds. The number of carbonyl (C=O) groups is 3. The van der Waals surface area contributed by atoms with Gasteiger partial charge in [-0.05, 0) is 37.3 Å². The number of nitrogens with two attached hydrogens (primary N) is 1. The first-order valence-electron chi connectivity index (χ1n) is 8.71. The van der Waals surface area contributed by atoms with Crippen LogP contribution in [0.25, 0.3) is 0 Å². The van der Waals surface area contributed by atoms with Crippen LogP contribution in [-0.4, -0.2) is 58.5 Å². The molecule has 0 saturated heterocycles. The Morgan fingerprint density at radius 2 is 1.89 bits per heavy atom. The number of amides is 3. The van der Waals surface area contributed by atoms with Crippen LogP contribution < -0.4 is 21.9 Å². The van der Waals surface area contributed by atoms with Crippen molar-refractivity contribution in [2.45, 2.75) is 31.8 Å². The smallest absolute Gasteiger partial charge is 0.261 e. The molecule has 10 heteroatoms. The van der Waals surface area contributed by atoms with Gasteiger partial charge in [0.05, 0.1) is 17.6 Å². The predicted molar refractivity (Wildman–Crippen MR) is 102 cm³/mol. The zero-order valence-electron chi connectivity index (χ0n) is 14.9. The second-order valence-electron chi connectivity index (χ2n) is 6.35. The van der Waals surface area contributed by atoms with Crippen LogP contribution in [0.3, 0.4) is 0 Å². The summed E-state index contributed by atoms with van der Waals surface area (Å²) in [4.78, 5) is 49.2. The molecular weight excluding hydrogens is 372 g/mol. The van der Waals surface area contributed by atoms with Gasteiger partial charge in [-0.1, -0.05) is 0 Å². The third-order valence-corrected chi connectivity index (χ3v) is 5.05. The van der Waals surface area contributed by atoms with E-state index in [1.54, 1.807) is 6.07 Å². The Labute approximate surface area is 160 Å². The molecule has 0 aromatic carbocycles. The molecule has 1 aromatic rings. The van der Waals surface area contributed by atoms with E-state index in [0.717, 1.165) is 48.7 Å². The monoisotopic (exact) mass is 396 g/mol. The molecule has 2 rings (SSSR count). The number of primary amides is 1. The predicted octanol–water partition coefficient (Wildman–Crippen LogP) is -1.32. The van der Waals surface area contributed by atoms with Gasteiger partial charge in [0.1, 0.15) is 5.56 Å². The van der Waals surface area contributed by atoms with Crippen molar-refractivity contribution >= 4 is 29.5 Å². The number of aliphatic hydroxyl groups excluding tert-OH is 1. The highest BCUT2D eigenvalue weighted by Gasteiger charge is 2.18. The molecule has 9 nitrogen and oxygen atoms in total. The molecule has 6 N–H and O–H groups in total. The number of nitrogens with one attached hydrogen (secondary N) is 3. The van der Waals surface area contributed by atoms with Crippen molar-refractivity contribution in [2.24, 2.45) is 5.73 Å².